The molecule has 0 radical (unpaired) electrons. The summed E-state index contributed by atoms with van der Waals surface area (Å²) in [6.07, 6.45) is 2.23. The van der Waals surface area contributed by atoms with Gasteiger partial charge in [0.1, 0.15) is 66.5 Å². The lowest BCUT2D eigenvalue weighted by Crippen LogP contribution is -2.60. The second-order valence-electron chi connectivity index (χ2n) is 24.5. The SMILES string of the molecule is CCCC[C@H](NC(=O)[C@H](CCCN=C(N)N)NC(=O)[C@H](CCCCN)NC(=O)[C@H](CCCCN)NC(=O)[C@H](CCCN=C(N)N)NC(=O)[C@H](CCCN=C(N)N)NC(=O)[C@H](CCCN=C(N)N)NC(=O)[C@H](C)NC(=O)[C@H](CCCN=C(N)N)NC(=O)[C@@H]1CCCN1C(=O)[C@@H](N)[C@@H](C)O)C(N)=O. The number of likely N-dealkylation sites (tertiary alicyclic amines) is 1. The topological polar surface area (TPSA) is 746 Å². The molecule has 41 heteroatoms. The van der Waals surface area contributed by atoms with Gasteiger partial charge >= 0.3 is 0 Å². The lowest BCUT2D eigenvalue weighted by molar-refractivity contribution is -0.142. The van der Waals surface area contributed by atoms with Crippen LogP contribution in [0, 0.1) is 0 Å². The first-order valence-electron chi connectivity index (χ1n) is 34.2. The van der Waals surface area contributed by atoms with E-state index < -0.39 is 138 Å². The zero-order valence-corrected chi connectivity index (χ0v) is 58.6. The molecule has 11 amide bonds. The van der Waals surface area contributed by atoms with Gasteiger partial charge in [0.2, 0.25) is 65.0 Å². The summed E-state index contributed by atoms with van der Waals surface area (Å²) in [5.41, 5.74) is 78.8. The zero-order valence-electron chi connectivity index (χ0n) is 58.6. The quantitative estimate of drug-likeness (QED) is 0.0153. The van der Waals surface area contributed by atoms with Crippen LogP contribution in [0.5, 0.6) is 0 Å². The van der Waals surface area contributed by atoms with Crippen molar-refractivity contribution >= 4 is 94.8 Å². The van der Waals surface area contributed by atoms with Crippen molar-refractivity contribution in [2.45, 2.75) is 228 Å². The number of unbranched alkanes of at least 4 members (excludes halogenated alkanes) is 3. The Morgan fingerprint density at radius 1 is 0.396 bits per heavy atom. The second-order valence-corrected chi connectivity index (χ2v) is 24.5. The molecule has 1 aliphatic rings. The first-order chi connectivity index (χ1) is 47.8. The first-order valence-corrected chi connectivity index (χ1v) is 34.2. The molecule has 101 heavy (non-hydrogen) atoms. The van der Waals surface area contributed by atoms with Crippen molar-refractivity contribution in [3.63, 3.8) is 0 Å². The first kappa shape index (κ1) is 89.4. The molecule has 0 aromatic carbocycles. The van der Waals surface area contributed by atoms with Gasteiger partial charge in [-0.05, 0) is 149 Å². The summed E-state index contributed by atoms with van der Waals surface area (Å²) in [6.45, 7) is 5.12. The van der Waals surface area contributed by atoms with Crippen LogP contribution in [0.2, 0.25) is 0 Å². The molecule has 0 unspecified atom stereocenters. The van der Waals surface area contributed by atoms with Gasteiger partial charge in [-0.25, -0.2) is 0 Å². The molecule has 0 saturated carbocycles. The summed E-state index contributed by atoms with van der Waals surface area (Å²) < 4.78 is 0. The Bertz CT molecular complexity index is 2790. The van der Waals surface area contributed by atoms with Crippen molar-refractivity contribution < 1.29 is 57.8 Å². The highest BCUT2D eigenvalue weighted by molar-refractivity contribution is 5.99. The Morgan fingerprint density at radius 3 is 0.960 bits per heavy atom. The third-order valence-electron chi connectivity index (χ3n) is 16.0. The predicted octanol–water partition coefficient (Wildman–Crippen LogP) is -9.73. The van der Waals surface area contributed by atoms with Gasteiger partial charge in [0.05, 0.1) is 6.10 Å². The fourth-order valence-electron chi connectivity index (χ4n) is 10.4. The summed E-state index contributed by atoms with van der Waals surface area (Å²) >= 11 is 0. The molecule has 12 atom stereocenters. The summed E-state index contributed by atoms with van der Waals surface area (Å²) in [5, 5.41) is 33.9. The third kappa shape index (κ3) is 37.4. The third-order valence-corrected chi connectivity index (χ3v) is 16.0. The van der Waals surface area contributed by atoms with Gasteiger partial charge in [-0.2, -0.15) is 0 Å². The number of nitrogens with two attached hydrogens (primary N) is 14. The van der Waals surface area contributed by atoms with E-state index in [0.717, 1.165) is 0 Å². The van der Waals surface area contributed by atoms with E-state index in [0.29, 0.717) is 38.5 Å². The Hall–Kier alpha value is -9.64. The van der Waals surface area contributed by atoms with E-state index in [1.165, 1.54) is 18.7 Å². The number of carbonyl (C=O) groups excluding carboxylic acids is 11. The number of nitrogens with one attached hydrogen (secondary N) is 9. The highest BCUT2D eigenvalue weighted by Gasteiger charge is 2.40. The number of carbonyl (C=O) groups is 11. The highest BCUT2D eigenvalue weighted by Crippen LogP contribution is 2.20. The van der Waals surface area contributed by atoms with Crippen molar-refractivity contribution in [1.82, 2.24) is 52.8 Å². The number of aliphatic imine (C=N–C) groups is 5. The molecule has 38 N–H and O–H groups in total. The fraction of sp³-hybridized carbons (Fsp3) is 0.733. The molecule has 0 bridgehead atoms. The van der Waals surface area contributed by atoms with Gasteiger partial charge in [0.15, 0.2) is 29.8 Å². The standard InChI is InChI=1S/C60H117N29O12/c1-4-5-16-35(45(64)91)81-48(94)40(21-12-29-77-58(69)70)85-50(96)37(18-7-9-26-62)83-49(95)36(17-6-8-25-61)84-52(98)41(22-13-30-78-59(71)72)87-53(99)42(23-14-31-79-60(73)74)86-51(97)39(20-11-28-76-57(67)68)82-46(92)33(2)80-47(93)38(19-10-27-75-56(65)66)88-54(100)43-24-15-32-89(43)55(101)44(63)34(3)90/h33-44,90H,4-32,61-63H2,1-3H3,(H2,64,91)(H,80,93)(H,81,94)(H,82,92)(H,83,95)(H,84,98)(H,85,96)(H,86,97)(H,87,99)(H,88,100)(H4,65,66,75)(H4,67,68,76)(H4,69,70,77)(H4,71,72,78)(H4,73,74,79)/t33-,34+,35-,36-,37-,38-,39-,40-,41-,42-,43-,44-/m0/s1. The number of guanidine groups is 5. The maximum atomic E-state index is 14.8. The van der Waals surface area contributed by atoms with Gasteiger partial charge in [-0.3, -0.25) is 77.7 Å². The van der Waals surface area contributed by atoms with Crippen LogP contribution in [-0.4, -0.2) is 230 Å². The van der Waals surface area contributed by atoms with Gasteiger partial charge in [-0.1, -0.05) is 19.8 Å². The minimum Gasteiger partial charge on any atom is -0.391 e. The van der Waals surface area contributed by atoms with Gasteiger partial charge < -0.3 is 138 Å². The molecular weight excluding hydrogens is 1320 g/mol. The minimum atomic E-state index is -1.51. The number of aliphatic hydroxyl groups is 1. The average molecular weight is 1440 g/mol. The van der Waals surface area contributed by atoms with E-state index >= 15 is 0 Å². The van der Waals surface area contributed by atoms with Crippen molar-refractivity contribution in [3.8, 4) is 0 Å². The number of primary amides is 1. The Morgan fingerprint density at radius 2 is 0.673 bits per heavy atom. The number of aliphatic hydroxyl groups excluding tert-OH is 1. The zero-order chi connectivity index (χ0) is 76.1. The van der Waals surface area contributed by atoms with Crippen LogP contribution < -0.4 is 128 Å². The van der Waals surface area contributed by atoms with E-state index in [-0.39, 0.29) is 178 Å². The summed E-state index contributed by atoms with van der Waals surface area (Å²) in [4.78, 5) is 176. The van der Waals surface area contributed by atoms with E-state index in [1.54, 1.807) is 0 Å². The molecule has 574 valence electrons. The smallest absolute Gasteiger partial charge is 0.243 e. The summed E-state index contributed by atoms with van der Waals surface area (Å²) in [7, 11) is 0. The van der Waals surface area contributed by atoms with Crippen LogP contribution in [0.3, 0.4) is 0 Å². The normalized spacial score (nSPS) is 15.7. The van der Waals surface area contributed by atoms with E-state index in [9.17, 15) is 57.8 Å². The van der Waals surface area contributed by atoms with Crippen molar-refractivity contribution in [1.29, 1.82) is 0 Å². The van der Waals surface area contributed by atoms with Crippen LogP contribution in [0.15, 0.2) is 25.0 Å². The van der Waals surface area contributed by atoms with Gasteiger partial charge in [0, 0.05) is 39.3 Å². The molecule has 1 heterocycles. The predicted molar refractivity (Wildman–Crippen MR) is 382 cm³/mol. The molecule has 1 aliphatic heterocycles. The van der Waals surface area contributed by atoms with Crippen molar-refractivity contribution in [2.24, 2.45) is 105 Å². The van der Waals surface area contributed by atoms with Crippen LogP contribution in [-0.2, 0) is 52.7 Å². The van der Waals surface area contributed by atoms with E-state index in [4.69, 9.17) is 80.3 Å². The Labute approximate surface area is 589 Å². The molecule has 0 spiro atoms. The molecule has 0 aliphatic carbocycles. The van der Waals surface area contributed by atoms with E-state index in [1.807, 2.05) is 6.92 Å². The van der Waals surface area contributed by atoms with Gasteiger partial charge in [-0.15, -0.1) is 0 Å². The molecule has 0 aromatic heterocycles. The molecule has 0 aromatic rings. The average Bonchev–Trinajstić information content (AvgIpc) is 1.75. The van der Waals surface area contributed by atoms with Crippen LogP contribution in [0.25, 0.3) is 0 Å². The van der Waals surface area contributed by atoms with Crippen LogP contribution in [0.4, 0.5) is 0 Å². The van der Waals surface area contributed by atoms with Crippen LogP contribution in [0.1, 0.15) is 156 Å². The summed E-state index contributed by atoms with van der Waals surface area (Å²) in [6, 6.07) is -14.6. The molecular formula is C60H117N29O12. The molecule has 1 rings (SSSR count). The van der Waals surface area contributed by atoms with Crippen LogP contribution >= 0.6 is 0 Å². The molecule has 41 nitrogen and oxygen atoms in total. The number of hydrogen-bond acceptors (Lipinski definition) is 20. The Kier molecular flexibility index (Phi) is 44.1. The number of amides is 11. The second kappa shape index (κ2) is 49.8. The van der Waals surface area contributed by atoms with Crippen molar-refractivity contribution in [3.05, 3.63) is 0 Å². The number of hydrogen-bond donors (Lipinski definition) is 24. The highest BCUT2D eigenvalue weighted by atomic mass is 16.3. The maximum Gasteiger partial charge on any atom is 0.243 e. The minimum absolute atomic E-state index is 0.0116. The summed E-state index contributed by atoms with van der Waals surface area (Å²) in [5.74, 6) is -10.3. The fourth-order valence-corrected chi connectivity index (χ4v) is 10.4. The number of rotatable bonds is 52. The monoisotopic (exact) mass is 1440 g/mol. The largest absolute Gasteiger partial charge is 0.391 e. The molecule has 1 fully saturated rings. The van der Waals surface area contributed by atoms with E-state index in [2.05, 4.69) is 72.8 Å². The lowest BCUT2D eigenvalue weighted by atomic mass is 10.0. The molecule has 1 saturated heterocycles. The van der Waals surface area contributed by atoms with Crippen molar-refractivity contribution in [2.75, 3.05) is 52.4 Å². The van der Waals surface area contributed by atoms with Gasteiger partial charge in [0.25, 0.3) is 0 Å². The number of nitrogens with zero attached hydrogens (tertiary/aromatic N) is 6. The lowest BCUT2D eigenvalue weighted by Gasteiger charge is -2.29. The Balaban J connectivity index is 3.82. The maximum absolute atomic E-state index is 14.8.